The standard InChI is InChI=1S/C32H26F6N4O6/c1-16-28(18-10-19(31(33,34)35)13-20(11-18)32(36,37)38)47-30(45)42(16)15-24-21(5-7-27(39-24)41-8-3-9-41)22-12-17(4-6-25(22)43)23-14-26(48-40-23)29(44)46-2/h4-7,10-14,16,28,43H,3,8-9,15H2,1-2H3/t16-,28-/m0/s1. The number of cyclic esters (lactones) is 1. The maximum Gasteiger partial charge on any atom is 0.416 e. The maximum atomic E-state index is 13.6. The van der Waals surface area contributed by atoms with Crippen LogP contribution in [0.25, 0.3) is 22.4 Å². The first-order valence-corrected chi connectivity index (χ1v) is 14.5. The van der Waals surface area contributed by atoms with Crippen LogP contribution >= 0.6 is 0 Å². The highest BCUT2D eigenvalue weighted by Gasteiger charge is 2.43. The second-order valence-corrected chi connectivity index (χ2v) is 11.3. The smallest absolute Gasteiger partial charge is 0.416 e. The molecule has 48 heavy (non-hydrogen) atoms. The van der Waals surface area contributed by atoms with Crippen molar-refractivity contribution in [3.8, 4) is 28.1 Å². The van der Waals surface area contributed by atoms with E-state index in [0.717, 1.165) is 24.4 Å². The predicted octanol–water partition coefficient (Wildman–Crippen LogP) is 7.23. The normalized spacial score (nSPS) is 18.1. The Balaban J connectivity index is 1.37. The van der Waals surface area contributed by atoms with Gasteiger partial charge in [0.05, 0.1) is 36.5 Å². The van der Waals surface area contributed by atoms with Crippen LogP contribution in [-0.4, -0.2) is 58.5 Å². The van der Waals surface area contributed by atoms with Gasteiger partial charge in [0, 0.05) is 35.8 Å². The van der Waals surface area contributed by atoms with Gasteiger partial charge in [-0.05, 0) is 67.4 Å². The van der Waals surface area contributed by atoms with E-state index in [4.69, 9.17) is 14.2 Å². The van der Waals surface area contributed by atoms with Crippen molar-refractivity contribution in [2.45, 2.75) is 44.4 Å². The number of pyridine rings is 1. The van der Waals surface area contributed by atoms with Crippen molar-refractivity contribution in [2.24, 2.45) is 0 Å². The van der Waals surface area contributed by atoms with Gasteiger partial charge in [-0.1, -0.05) is 5.16 Å². The number of benzene rings is 2. The zero-order valence-electron chi connectivity index (χ0n) is 25.2. The van der Waals surface area contributed by atoms with Crippen LogP contribution in [0.4, 0.5) is 37.0 Å². The number of nitrogens with zero attached hydrogens (tertiary/aromatic N) is 4. The first kappa shape index (κ1) is 32.7. The minimum atomic E-state index is -5.08. The molecule has 0 aliphatic carbocycles. The second kappa shape index (κ2) is 12.1. The highest BCUT2D eigenvalue weighted by Crippen LogP contribution is 2.42. The molecule has 0 unspecified atom stereocenters. The minimum Gasteiger partial charge on any atom is -0.507 e. The first-order chi connectivity index (χ1) is 22.6. The number of halogens is 6. The highest BCUT2D eigenvalue weighted by molar-refractivity contribution is 5.88. The molecular weight excluding hydrogens is 650 g/mol. The molecule has 0 bridgehead atoms. The Labute approximate surface area is 268 Å². The lowest BCUT2D eigenvalue weighted by Gasteiger charge is -2.33. The molecule has 0 spiro atoms. The van der Waals surface area contributed by atoms with Crippen molar-refractivity contribution in [3.63, 3.8) is 0 Å². The van der Waals surface area contributed by atoms with Gasteiger partial charge in [0.25, 0.3) is 0 Å². The molecule has 4 aromatic rings. The third-order valence-electron chi connectivity index (χ3n) is 8.27. The number of ether oxygens (including phenoxy) is 2. The Morgan fingerprint density at radius 3 is 2.27 bits per heavy atom. The van der Waals surface area contributed by atoms with E-state index < -0.39 is 53.3 Å². The van der Waals surface area contributed by atoms with E-state index in [9.17, 15) is 41.0 Å². The average molecular weight is 677 g/mol. The third-order valence-corrected chi connectivity index (χ3v) is 8.27. The molecule has 2 aliphatic heterocycles. The van der Waals surface area contributed by atoms with E-state index in [0.29, 0.717) is 29.1 Å². The molecule has 4 heterocycles. The fourth-order valence-corrected chi connectivity index (χ4v) is 5.56. The fraction of sp³-hybridized carbons (Fsp3) is 0.312. The molecule has 1 N–H and O–H groups in total. The van der Waals surface area contributed by atoms with Gasteiger partial charge >= 0.3 is 24.4 Å². The Bertz CT molecular complexity index is 1860. The zero-order chi connectivity index (χ0) is 34.5. The van der Waals surface area contributed by atoms with Gasteiger partial charge in [-0.3, -0.25) is 4.90 Å². The van der Waals surface area contributed by atoms with E-state index in [1.165, 1.54) is 32.2 Å². The van der Waals surface area contributed by atoms with Crippen LogP contribution in [0.5, 0.6) is 5.75 Å². The summed E-state index contributed by atoms with van der Waals surface area (Å²) in [7, 11) is 1.18. The number of phenols is 1. The number of alkyl halides is 6. The molecular formula is C32H26F6N4O6. The van der Waals surface area contributed by atoms with Crippen molar-refractivity contribution in [1.82, 2.24) is 15.0 Å². The quantitative estimate of drug-likeness (QED) is 0.160. The summed E-state index contributed by atoms with van der Waals surface area (Å²) in [5.74, 6) is -0.499. The topological polar surface area (TPSA) is 118 Å². The molecule has 0 radical (unpaired) electrons. The van der Waals surface area contributed by atoms with Crippen LogP contribution in [0.15, 0.2) is 59.1 Å². The van der Waals surface area contributed by atoms with Crippen LogP contribution in [0.2, 0.25) is 0 Å². The van der Waals surface area contributed by atoms with Gasteiger partial charge in [-0.25, -0.2) is 14.6 Å². The number of carbonyl (C=O) groups is 2. The summed E-state index contributed by atoms with van der Waals surface area (Å²) >= 11 is 0. The molecule has 2 saturated heterocycles. The molecule has 1 amide bonds. The van der Waals surface area contributed by atoms with E-state index in [-0.39, 0.29) is 41.1 Å². The number of esters is 1. The Morgan fingerprint density at radius 1 is 0.979 bits per heavy atom. The fourth-order valence-electron chi connectivity index (χ4n) is 5.56. The van der Waals surface area contributed by atoms with Crippen molar-refractivity contribution >= 4 is 17.9 Å². The van der Waals surface area contributed by atoms with Gasteiger partial charge < -0.3 is 24.0 Å². The lowest BCUT2D eigenvalue weighted by atomic mass is 9.96. The largest absolute Gasteiger partial charge is 0.507 e. The molecule has 0 saturated carbocycles. The second-order valence-electron chi connectivity index (χ2n) is 11.3. The average Bonchev–Trinajstić information content (AvgIpc) is 3.61. The van der Waals surface area contributed by atoms with Gasteiger partial charge in [0.1, 0.15) is 23.4 Å². The summed E-state index contributed by atoms with van der Waals surface area (Å²) in [4.78, 5) is 32.9. The van der Waals surface area contributed by atoms with Crippen LogP contribution in [0.1, 0.15) is 52.4 Å². The summed E-state index contributed by atoms with van der Waals surface area (Å²) in [6.07, 6.45) is -11.7. The number of hydrogen-bond donors (Lipinski definition) is 1. The molecule has 6 rings (SSSR count). The van der Waals surface area contributed by atoms with Gasteiger partial charge in [0.2, 0.25) is 5.76 Å². The zero-order valence-corrected chi connectivity index (χ0v) is 25.2. The summed E-state index contributed by atoms with van der Waals surface area (Å²) in [5, 5.41) is 14.8. The number of amides is 1. The minimum absolute atomic E-state index is 0.0100. The van der Waals surface area contributed by atoms with Crippen molar-refractivity contribution in [3.05, 3.63) is 82.7 Å². The van der Waals surface area contributed by atoms with E-state index >= 15 is 0 Å². The molecule has 10 nitrogen and oxygen atoms in total. The Kier molecular flexibility index (Phi) is 8.21. The lowest BCUT2D eigenvalue weighted by molar-refractivity contribution is -0.143. The Hall–Kier alpha value is -5.28. The van der Waals surface area contributed by atoms with Crippen LogP contribution in [-0.2, 0) is 28.4 Å². The number of aromatic hydroxyl groups is 1. The molecule has 252 valence electrons. The van der Waals surface area contributed by atoms with Crippen molar-refractivity contribution in [2.75, 3.05) is 25.1 Å². The SMILES string of the molecule is COC(=O)c1cc(-c2ccc(O)c(-c3ccc(N4CCC4)nc3CN3C(=O)O[C@H](c4cc(C(F)(F)F)cc(C(F)(F)F)c4)[C@@H]3C)c2)no1. The maximum absolute atomic E-state index is 13.6. The van der Waals surface area contributed by atoms with E-state index in [1.54, 1.807) is 18.2 Å². The summed E-state index contributed by atoms with van der Waals surface area (Å²) in [6, 6.07) is 9.33. The summed E-state index contributed by atoms with van der Waals surface area (Å²) in [6.45, 7) is 2.63. The number of anilines is 1. The lowest BCUT2D eigenvalue weighted by Crippen LogP contribution is -2.38. The monoisotopic (exact) mass is 676 g/mol. The molecule has 2 aliphatic rings. The number of methoxy groups -OCH3 is 1. The first-order valence-electron chi connectivity index (χ1n) is 14.5. The molecule has 2 atom stereocenters. The number of rotatable bonds is 7. The summed E-state index contributed by atoms with van der Waals surface area (Å²) in [5.41, 5.74) is -1.92. The summed E-state index contributed by atoms with van der Waals surface area (Å²) < 4.78 is 96.5. The molecule has 2 aromatic carbocycles. The Morgan fingerprint density at radius 2 is 1.67 bits per heavy atom. The number of carbonyl (C=O) groups excluding carboxylic acids is 2. The number of aromatic nitrogens is 2. The predicted molar refractivity (Wildman–Crippen MR) is 156 cm³/mol. The number of hydrogen-bond acceptors (Lipinski definition) is 9. The van der Waals surface area contributed by atoms with Crippen molar-refractivity contribution in [1.29, 1.82) is 0 Å². The van der Waals surface area contributed by atoms with Gasteiger partial charge in [-0.15, -0.1) is 0 Å². The molecule has 16 heteroatoms. The number of phenolic OH excluding ortho intramolecular Hbond substituents is 1. The van der Waals surface area contributed by atoms with Crippen LogP contribution in [0, 0.1) is 0 Å². The van der Waals surface area contributed by atoms with Gasteiger partial charge in [0.15, 0.2) is 0 Å². The van der Waals surface area contributed by atoms with E-state index in [1.807, 2.05) is 4.90 Å². The van der Waals surface area contributed by atoms with E-state index in [2.05, 4.69) is 9.89 Å². The van der Waals surface area contributed by atoms with Gasteiger partial charge in [-0.2, -0.15) is 26.3 Å². The highest BCUT2D eigenvalue weighted by atomic mass is 19.4. The van der Waals surface area contributed by atoms with Crippen molar-refractivity contribution < 1.29 is 55.0 Å². The van der Waals surface area contributed by atoms with Crippen LogP contribution < -0.4 is 4.90 Å². The molecule has 2 fully saturated rings. The van der Waals surface area contributed by atoms with Crippen LogP contribution in [0.3, 0.4) is 0 Å². The molecule has 2 aromatic heterocycles. The third kappa shape index (κ3) is 6.21.